The number of carbonyl (C=O) groups is 1. The van der Waals surface area contributed by atoms with E-state index in [1.54, 1.807) is 17.9 Å². The van der Waals surface area contributed by atoms with Crippen LogP contribution in [0.1, 0.15) is 37.1 Å². The molecule has 0 N–H and O–H groups in total. The van der Waals surface area contributed by atoms with E-state index in [9.17, 15) is 9.18 Å². The van der Waals surface area contributed by atoms with Crippen molar-refractivity contribution in [3.63, 3.8) is 0 Å². The molecule has 1 aliphatic heterocycles. The van der Waals surface area contributed by atoms with E-state index in [2.05, 4.69) is 17.1 Å². The molecule has 0 radical (unpaired) electrons. The number of aromatic nitrogens is 2. The molecule has 29 heavy (non-hydrogen) atoms. The molecule has 2 heterocycles. The monoisotopic (exact) mass is 395 g/mol. The number of carbonyl (C=O) groups excluding carboxylic acids is 1. The van der Waals surface area contributed by atoms with Gasteiger partial charge in [-0.15, -0.1) is 0 Å². The van der Waals surface area contributed by atoms with Crippen molar-refractivity contribution in [3.05, 3.63) is 59.7 Å². The van der Waals surface area contributed by atoms with Gasteiger partial charge in [0.15, 0.2) is 0 Å². The van der Waals surface area contributed by atoms with Gasteiger partial charge >= 0.3 is 0 Å². The van der Waals surface area contributed by atoms with Crippen LogP contribution in [0.2, 0.25) is 0 Å². The summed E-state index contributed by atoms with van der Waals surface area (Å²) in [6.07, 6.45) is 1.23. The van der Waals surface area contributed by atoms with Crippen molar-refractivity contribution in [1.82, 2.24) is 10.1 Å². The van der Waals surface area contributed by atoms with E-state index in [0.717, 1.165) is 23.3 Å². The van der Waals surface area contributed by atoms with E-state index in [1.807, 2.05) is 24.3 Å². The van der Waals surface area contributed by atoms with Crippen molar-refractivity contribution in [2.75, 3.05) is 18.1 Å². The largest absolute Gasteiger partial charge is 0.494 e. The second-order valence-corrected chi connectivity index (χ2v) is 7.17. The number of ether oxygens (including phenoxy) is 1. The lowest BCUT2D eigenvalue weighted by Crippen LogP contribution is -2.25. The highest BCUT2D eigenvalue weighted by Gasteiger charge is 2.35. The summed E-state index contributed by atoms with van der Waals surface area (Å²) in [5, 5.41) is 4.07. The maximum atomic E-state index is 13.4. The molecular weight excluding hydrogens is 373 g/mol. The Morgan fingerprint density at radius 1 is 1.24 bits per heavy atom. The smallest absolute Gasteiger partial charge is 0.232 e. The summed E-state index contributed by atoms with van der Waals surface area (Å²) in [5.74, 6) is 1.16. The minimum absolute atomic E-state index is 0.0399. The van der Waals surface area contributed by atoms with Crippen molar-refractivity contribution >= 4 is 11.6 Å². The van der Waals surface area contributed by atoms with E-state index < -0.39 is 0 Å². The van der Waals surface area contributed by atoms with Crippen LogP contribution in [-0.2, 0) is 4.79 Å². The number of rotatable bonds is 6. The zero-order valence-corrected chi connectivity index (χ0v) is 16.4. The van der Waals surface area contributed by atoms with E-state index in [4.69, 9.17) is 9.26 Å². The second kappa shape index (κ2) is 8.03. The molecule has 1 fully saturated rings. The lowest BCUT2D eigenvalue weighted by atomic mass is 10.1. The van der Waals surface area contributed by atoms with E-state index >= 15 is 0 Å². The Morgan fingerprint density at radius 3 is 2.76 bits per heavy atom. The molecule has 2 aromatic carbocycles. The molecule has 1 unspecified atom stereocenters. The van der Waals surface area contributed by atoms with Gasteiger partial charge in [-0.1, -0.05) is 12.1 Å². The van der Waals surface area contributed by atoms with Gasteiger partial charge < -0.3 is 14.2 Å². The molecule has 1 atom stereocenters. The van der Waals surface area contributed by atoms with Crippen LogP contribution < -0.4 is 9.64 Å². The third-order valence-corrected chi connectivity index (χ3v) is 4.95. The zero-order chi connectivity index (χ0) is 20.4. The normalized spacial score (nSPS) is 16.4. The quantitative estimate of drug-likeness (QED) is 0.615. The minimum atomic E-state index is -0.317. The highest BCUT2D eigenvalue weighted by Crippen LogP contribution is 2.33. The van der Waals surface area contributed by atoms with Gasteiger partial charge in [-0.3, -0.25) is 4.79 Å². The number of hydrogen-bond donors (Lipinski definition) is 0. The lowest BCUT2D eigenvalue weighted by Gasteiger charge is -2.18. The highest BCUT2D eigenvalue weighted by molar-refractivity contribution is 5.97. The summed E-state index contributed by atoms with van der Waals surface area (Å²) in [6, 6.07) is 11.9. The molecule has 0 saturated carbocycles. The molecular formula is C22H22FN3O3. The predicted octanol–water partition coefficient (Wildman–Crippen LogP) is 4.49. The predicted molar refractivity (Wildman–Crippen MR) is 106 cm³/mol. The van der Waals surface area contributed by atoms with E-state index in [1.165, 1.54) is 12.1 Å². The molecule has 0 bridgehead atoms. The standard InChI is InChI=1S/C22H22FN3O3/c1-3-10-28-18-7-4-15(5-8-18)21-24-22(29-25-21)16-12-20(27)26(13-16)19-9-6-17(23)11-14(19)2/h4-9,11,16H,3,10,12-13H2,1-2H3. The molecule has 1 aliphatic rings. The average Bonchev–Trinajstić information content (AvgIpc) is 3.34. The lowest BCUT2D eigenvalue weighted by molar-refractivity contribution is -0.117. The fraction of sp³-hybridized carbons (Fsp3) is 0.318. The molecule has 1 aromatic heterocycles. The van der Waals surface area contributed by atoms with Crippen molar-refractivity contribution in [2.24, 2.45) is 0 Å². The molecule has 1 saturated heterocycles. The number of anilines is 1. The first-order valence-electron chi connectivity index (χ1n) is 9.68. The van der Waals surface area contributed by atoms with Crippen LogP contribution in [-0.4, -0.2) is 29.2 Å². The number of halogens is 1. The fourth-order valence-corrected chi connectivity index (χ4v) is 3.47. The molecule has 4 rings (SSSR count). The summed E-state index contributed by atoms with van der Waals surface area (Å²) in [7, 11) is 0. The second-order valence-electron chi connectivity index (χ2n) is 7.17. The minimum Gasteiger partial charge on any atom is -0.494 e. The number of nitrogens with zero attached hydrogens (tertiary/aromatic N) is 3. The van der Waals surface area contributed by atoms with Gasteiger partial charge in [-0.2, -0.15) is 4.98 Å². The van der Waals surface area contributed by atoms with Crippen LogP contribution in [0, 0.1) is 12.7 Å². The van der Waals surface area contributed by atoms with Crippen molar-refractivity contribution in [3.8, 4) is 17.1 Å². The molecule has 0 aliphatic carbocycles. The molecule has 3 aromatic rings. The number of benzene rings is 2. The van der Waals surface area contributed by atoms with Gasteiger partial charge in [0.2, 0.25) is 17.6 Å². The Morgan fingerprint density at radius 2 is 2.03 bits per heavy atom. The first-order chi connectivity index (χ1) is 14.0. The van der Waals surface area contributed by atoms with Gasteiger partial charge in [0.25, 0.3) is 0 Å². The van der Waals surface area contributed by atoms with Crippen molar-refractivity contribution in [2.45, 2.75) is 32.6 Å². The Kier molecular flexibility index (Phi) is 5.29. The molecule has 150 valence electrons. The Balaban J connectivity index is 1.49. The summed E-state index contributed by atoms with van der Waals surface area (Å²) in [4.78, 5) is 18.7. The van der Waals surface area contributed by atoms with Crippen LogP contribution in [0.15, 0.2) is 47.0 Å². The fourth-order valence-electron chi connectivity index (χ4n) is 3.47. The van der Waals surface area contributed by atoms with Crippen LogP contribution in [0.25, 0.3) is 11.4 Å². The number of hydrogen-bond acceptors (Lipinski definition) is 5. The zero-order valence-electron chi connectivity index (χ0n) is 16.4. The van der Waals surface area contributed by atoms with Crippen molar-refractivity contribution in [1.29, 1.82) is 0 Å². The van der Waals surface area contributed by atoms with Crippen molar-refractivity contribution < 1.29 is 18.4 Å². The molecule has 6 nitrogen and oxygen atoms in total. The van der Waals surface area contributed by atoms with Gasteiger partial charge in [-0.05, 0) is 61.4 Å². The summed E-state index contributed by atoms with van der Waals surface area (Å²) < 4.78 is 24.4. The van der Waals surface area contributed by atoms with Crippen LogP contribution >= 0.6 is 0 Å². The van der Waals surface area contributed by atoms with E-state index in [0.29, 0.717) is 30.6 Å². The van der Waals surface area contributed by atoms with Crippen LogP contribution in [0.3, 0.4) is 0 Å². The third kappa shape index (κ3) is 3.99. The molecule has 1 amide bonds. The first kappa shape index (κ1) is 19.1. The molecule has 0 spiro atoms. The first-order valence-corrected chi connectivity index (χ1v) is 9.68. The third-order valence-electron chi connectivity index (χ3n) is 4.95. The Hall–Kier alpha value is -3.22. The van der Waals surface area contributed by atoms with Gasteiger partial charge in [0, 0.05) is 24.2 Å². The van der Waals surface area contributed by atoms with Crippen LogP contribution in [0.4, 0.5) is 10.1 Å². The Bertz CT molecular complexity index is 1020. The summed E-state index contributed by atoms with van der Waals surface area (Å²) in [6.45, 7) is 4.95. The highest BCUT2D eigenvalue weighted by atomic mass is 19.1. The van der Waals surface area contributed by atoms with Gasteiger partial charge in [0.05, 0.1) is 12.5 Å². The van der Waals surface area contributed by atoms with Crippen LogP contribution in [0.5, 0.6) is 5.75 Å². The number of aryl methyl sites for hydroxylation is 1. The maximum absolute atomic E-state index is 13.4. The van der Waals surface area contributed by atoms with Gasteiger partial charge in [0.1, 0.15) is 11.6 Å². The SMILES string of the molecule is CCCOc1ccc(-c2noc(C3CC(=O)N(c4ccc(F)cc4C)C3)n2)cc1. The Labute approximate surface area is 168 Å². The van der Waals surface area contributed by atoms with Gasteiger partial charge in [-0.25, -0.2) is 4.39 Å². The maximum Gasteiger partial charge on any atom is 0.232 e. The topological polar surface area (TPSA) is 68.5 Å². The van der Waals surface area contributed by atoms with E-state index in [-0.39, 0.29) is 24.1 Å². The molecule has 7 heteroatoms. The number of amides is 1. The summed E-state index contributed by atoms with van der Waals surface area (Å²) >= 11 is 0. The average molecular weight is 395 g/mol. The summed E-state index contributed by atoms with van der Waals surface area (Å²) in [5.41, 5.74) is 2.25.